The molecule has 0 saturated heterocycles. The molecule has 2 nitrogen and oxygen atoms in total. The maximum absolute atomic E-state index is 5.73. The van der Waals surface area contributed by atoms with E-state index in [9.17, 15) is 0 Å². The molecule has 0 saturated carbocycles. The normalized spacial score (nSPS) is 10.4. The summed E-state index contributed by atoms with van der Waals surface area (Å²) >= 11 is 0. The number of benzene rings is 1. The number of hydrogen-bond acceptors (Lipinski definition) is 2. The minimum absolute atomic E-state index is 0.787. The molecule has 19 heavy (non-hydrogen) atoms. The minimum Gasteiger partial charge on any atom is -0.491 e. The summed E-state index contributed by atoms with van der Waals surface area (Å²) in [6.07, 6.45) is 9.06. The molecule has 1 aromatic carbocycles. The van der Waals surface area contributed by atoms with Crippen LogP contribution in [-0.4, -0.2) is 13.2 Å². The van der Waals surface area contributed by atoms with Gasteiger partial charge in [-0.2, -0.15) is 0 Å². The zero-order chi connectivity index (χ0) is 13.8. The van der Waals surface area contributed by atoms with E-state index >= 15 is 0 Å². The van der Waals surface area contributed by atoms with E-state index in [1.165, 1.54) is 38.5 Å². The van der Waals surface area contributed by atoms with Gasteiger partial charge in [-0.3, -0.25) is 0 Å². The van der Waals surface area contributed by atoms with Gasteiger partial charge in [-0.05, 0) is 25.0 Å². The lowest BCUT2D eigenvalue weighted by Gasteiger charge is -2.12. The van der Waals surface area contributed by atoms with Crippen LogP contribution in [0, 0.1) is 0 Å². The van der Waals surface area contributed by atoms with Crippen molar-refractivity contribution in [2.45, 2.75) is 58.8 Å². The SMILES string of the molecule is CCCCCCCCNc1ccccc1OCCC. The standard InChI is InChI=1S/C17H29NO/c1-3-5-6-7-8-11-14-18-16-12-9-10-13-17(16)19-15-4-2/h9-10,12-13,18H,3-8,11,14-15H2,1-2H3. The molecule has 0 atom stereocenters. The first-order valence-electron chi connectivity index (χ1n) is 7.84. The maximum Gasteiger partial charge on any atom is 0.142 e. The molecule has 1 N–H and O–H groups in total. The average Bonchev–Trinajstić information content (AvgIpc) is 2.45. The van der Waals surface area contributed by atoms with Crippen molar-refractivity contribution in [1.29, 1.82) is 0 Å². The van der Waals surface area contributed by atoms with Gasteiger partial charge in [-0.25, -0.2) is 0 Å². The first kappa shape index (κ1) is 15.9. The molecule has 0 aliphatic carbocycles. The third-order valence-corrected chi connectivity index (χ3v) is 3.19. The van der Waals surface area contributed by atoms with E-state index in [-0.39, 0.29) is 0 Å². The van der Waals surface area contributed by atoms with Crippen LogP contribution < -0.4 is 10.1 Å². The predicted octanol–water partition coefficient (Wildman–Crippen LogP) is 5.25. The first-order chi connectivity index (χ1) is 9.38. The second-order valence-corrected chi connectivity index (χ2v) is 5.04. The van der Waals surface area contributed by atoms with Gasteiger partial charge in [0.05, 0.1) is 12.3 Å². The number of anilines is 1. The van der Waals surface area contributed by atoms with Crippen LogP contribution in [0.4, 0.5) is 5.69 Å². The van der Waals surface area contributed by atoms with Crippen LogP contribution in [0.1, 0.15) is 58.8 Å². The fourth-order valence-electron chi connectivity index (χ4n) is 2.08. The lowest BCUT2D eigenvalue weighted by Crippen LogP contribution is -2.04. The first-order valence-corrected chi connectivity index (χ1v) is 7.84. The number of ether oxygens (including phenoxy) is 1. The highest BCUT2D eigenvalue weighted by Crippen LogP contribution is 2.23. The van der Waals surface area contributed by atoms with Gasteiger partial charge in [0.15, 0.2) is 0 Å². The van der Waals surface area contributed by atoms with Crippen LogP contribution in [0.5, 0.6) is 5.75 Å². The lowest BCUT2D eigenvalue weighted by atomic mass is 10.1. The molecule has 0 heterocycles. The second kappa shape index (κ2) is 10.7. The van der Waals surface area contributed by atoms with Crippen molar-refractivity contribution in [3.8, 4) is 5.75 Å². The van der Waals surface area contributed by atoms with Crippen LogP contribution in [0.15, 0.2) is 24.3 Å². The Morgan fingerprint density at radius 2 is 1.63 bits per heavy atom. The average molecular weight is 263 g/mol. The van der Waals surface area contributed by atoms with Gasteiger partial charge < -0.3 is 10.1 Å². The number of para-hydroxylation sites is 2. The Bertz CT molecular complexity index is 325. The van der Waals surface area contributed by atoms with Crippen molar-refractivity contribution in [3.05, 3.63) is 24.3 Å². The van der Waals surface area contributed by atoms with Gasteiger partial charge in [-0.15, -0.1) is 0 Å². The summed E-state index contributed by atoms with van der Waals surface area (Å²) in [7, 11) is 0. The number of hydrogen-bond donors (Lipinski definition) is 1. The van der Waals surface area contributed by atoms with Gasteiger partial charge >= 0.3 is 0 Å². The van der Waals surface area contributed by atoms with Gasteiger partial charge in [0.2, 0.25) is 0 Å². The highest BCUT2D eigenvalue weighted by molar-refractivity contribution is 5.56. The van der Waals surface area contributed by atoms with Crippen LogP contribution in [0.2, 0.25) is 0 Å². The van der Waals surface area contributed by atoms with E-state index in [1.807, 2.05) is 12.1 Å². The molecule has 0 fully saturated rings. The zero-order valence-corrected chi connectivity index (χ0v) is 12.6. The Morgan fingerprint density at radius 1 is 0.895 bits per heavy atom. The van der Waals surface area contributed by atoms with Crippen LogP contribution in [0.25, 0.3) is 0 Å². The molecule has 0 amide bonds. The molecule has 1 rings (SSSR count). The molecule has 0 bridgehead atoms. The molecule has 2 heteroatoms. The molecule has 1 aromatic rings. The number of rotatable bonds is 11. The number of nitrogens with one attached hydrogen (secondary N) is 1. The van der Waals surface area contributed by atoms with Crippen molar-refractivity contribution < 1.29 is 4.74 Å². The smallest absolute Gasteiger partial charge is 0.142 e. The third kappa shape index (κ3) is 7.09. The van der Waals surface area contributed by atoms with Crippen molar-refractivity contribution in [2.75, 3.05) is 18.5 Å². The molecule has 0 aromatic heterocycles. The molecule has 0 unspecified atom stereocenters. The van der Waals surface area contributed by atoms with Crippen LogP contribution in [-0.2, 0) is 0 Å². The molecule has 0 aliphatic heterocycles. The molecule has 0 spiro atoms. The van der Waals surface area contributed by atoms with E-state index < -0.39 is 0 Å². The molecule has 0 radical (unpaired) electrons. The second-order valence-electron chi connectivity index (χ2n) is 5.04. The van der Waals surface area contributed by atoms with Crippen molar-refractivity contribution in [3.63, 3.8) is 0 Å². The fraction of sp³-hybridized carbons (Fsp3) is 0.647. The monoisotopic (exact) mass is 263 g/mol. The quantitative estimate of drug-likeness (QED) is 0.551. The predicted molar refractivity (Wildman–Crippen MR) is 84.1 cm³/mol. The zero-order valence-electron chi connectivity index (χ0n) is 12.6. The Labute approximate surface area is 118 Å². The summed E-state index contributed by atoms with van der Waals surface area (Å²) < 4.78 is 5.73. The van der Waals surface area contributed by atoms with Gasteiger partial charge in [-0.1, -0.05) is 58.1 Å². The van der Waals surface area contributed by atoms with Gasteiger partial charge in [0.25, 0.3) is 0 Å². The Kier molecular flexibility index (Phi) is 8.95. The summed E-state index contributed by atoms with van der Waals surface area (Å²) in [5.41, 5.74) is 1.13. The van der Waals surface area contributed by atoms with E-state index in [0.29, 0.717) is 0 Å². The van der Waals surface area contributed by atoms with E-state index in [0.717, 1.165) is 31.0 Å². The molecular formula is C17H29NO. The highest BCUT2D eigenvalue weighted by Gasteiger charge is 2.01. The van der Waals surface area contributed by atoms with Gasteiger partial charge in [0, 0.05) is 6.54 Å². The Balaban J connectivity index is 2.21. The largest absolute Gasteiger partial charge is 0.491 e. The topological polar surface area (TPSA) is 21.3 Å². The molecular weight excluding hydrogens is 234 g/mol. The Hall–Kier alpha value is -1.18. The fourth-order valence-corrected chi connectivity index (χ4v) is 2.08. The lowest BCUT2D eigenvalue weighted by molar-refractivity contribution is 0.319. The summed E-state index contributed by atoms with van der Waals surface area (Å²) in [5.74, 6) is 0.982. The van der Waals surface area contributed by atoms with Gasteiger partial charge in [0.1, 0.15) is 5.75 Å². The number of unbranched alkanes of at least 4 members (excludes halogenated alkanes) is 5. The van der Waals surface area contributed by atoms with Crippen LogP contribution >= 0.6 is 0 Å². The third-order valence-electron chi connectivity index (χ3n) is 3.19. The summed E-state index contributed by atoms with van der Waals surface area (Å²) in [6.45, 7) is 6.22. The minimum atomic E-state index is 0.787. The van der Waals surface area contributed by atoms with Crippen molar-refractivity contribution >= 4 is 5.69 Å². The van der Waals surface area contributed by atoms with E-state index in [4.69, 9.17) is 4.74 Å². The Morgan fingerprint density at radius 3 is 2.42 bits per heavy atom. The summed E-state index contributed by atoms with van der Waals surface area (Å²) in [4.78, 5) is 0. The van der Waals surface area contributed by atoms with Crippen molar-refractivity contribution in [2.24, 2.45) is 0 Å². The van der Waals surface area contributed by atoms with E-state index in [2.05, 4.69) is 31.3 Å². The summed E-state index contributed by atoms with van der Waals surface area (Å²) in [6, 6.07) is 8.23. The van der Waals surface area contributed by atoms with E-state index in [1.54, 1.807) is 0 Å². The highest BCUT2D eigenvalue weighted by atomic mass is 16.5. The van der Waals surface area contributed by atoms with Crippen LogP contribution in [0.3, 0.4) is 0 Å². The maximum atomic E-state index is 5.73. The molecule has 108 valence electrons. The van der Waals surface area contributed by atoms with Crippen molar-refractivity contribution in [1.82, 2.24) is 0 Å². The summed E-state index contributed by atoms with van der Waals surface area (Å²) in [5, 5.41) is 3.49. The molecule has 0 aliphatic rings.